The number of hydrogen-bond acceptors (Lipinski definition) is 6. The van der Waals surface area contributed by atoms with Crippen LogP contribution in [0.15, 0.2) is 35.2 Å². The van der Waals surface area contributed by atoms with Crippen LogP contribution < -0.4 is 0 Å². The second kappa shape index (κ2) is 7.98. The molecule has 156 valence electrons. The summed E-state index contributed by atoms with van der Waals surface area (Å²) in [6, 6.07) is 10.3. The summed E-state index contributed by atoms with van der Waals surface area (Å²) in [5, 5.41) is -0.00516. The first-order valence-electron chi connectivity index (χ1n) is 9.81. The van der Waals surface area contributed by atoms with Crippen molar-refractivity contribution < 1.29 is 18.4 Å². The SMILES string of the molecule is CC(=O)O[C@H]1[C@H](Sc2ccccc2)S[C@@H]2CO[Si](C(C)(C)C)(C(C)(C)C)O[C@@H]12. The van der Waals surface area contributed by atoms with Gasteiger partial charge in [-0.3, -0.25) is 4.79 Å². The van der Waals surface area contributed by atoms with Gasteiger partial charge in [0.25, 0.3) is 0 Å². The van der Waals surface area contributed by atoms with E-state index in [1.54, 1.807) is 11.8 Å². The average molecular weight is 441 g/mol. The van der Waals surface area contributed by atoms with Crippen LogP contribution in [0.25, 0.3) is 0 Å². The fourth-order valence-corrected chi connectivity index (χ4v) is 12.7. The Balaban J connectivity index is 1.91. The van der Waals surface area contributed by atoms with Crippen LogP contribution in [0.3, 0.4) is 0 Å². The summed E-state index contributed by atoms with van der Waals surface area (Å²) in [6.45, 7) is 15.4. The van der Waals surface area contributed by atoms with Crippen molar-refractivity contribution in [1.29, 1.82) is 0 Å². The predicted molar refractivity (Wildman–Crippen MR) is 119 cm³/mol. The first-order valence-corrected chi connectivity index (χ1v) is 13.4. The second-order valence-corrected chi connectivity index (χ2v) is 17.2. The number of esters is 1. The van der Waals surface area contributed by atoms with Crippen LogP contribution >= 0.6 is 23.5 Å². The van der Waals surface area contributed by atoms with E-state index in [-0.39, 0.29) is 38.1 Å². The van der Waals surface area contributed by atoms with Crippen molar-refractivity contribution in [3.05, 3.63) is 30.3 Å². The lowest BCUT2D eigenvalue weighted by Crippen LogP contribution is -2.65. The van der Waals surface area contributed by atoms with Crippen molar-refractivity contribution in [3.63, 3.8) is 0 Å². The van der Waals surface area contributed by atoms with Gasteiger partial charge in [-0.25, -0.2) is 0 Å². The van der Waals surface area contributed by atoms with E-state index in [1.807, 2.05) is 30.0 Å². The number of rotatable bonds is 3. The summed E-state index contributed by atoms with van der Waals surface area (Å²) in [4.78, 5) is 13.1. The van der Waals surface area contributed by atoms with Crippen LogP contribution in [0, 0.1) is 0 Å². The fraction of sp³-hybridized carbons (Fsp3) is 0.667. The average Bonchev–Trinajstić information content (AvgIpc) is 2.89. The summed E-state index contributed by atoms with van der Waals surface area (Å²) >= 11 is 3.57. The number of benzene rings is 1. The smallest absolute Gasteiger partial charge is 0.349 e. The van der Waals surface area contributed by atoms with E-state index in [9.17, 15) is 4.79 Å². The van der Waals surface area contributed by atoms with E-state index >= 15 is 0 Å². The van der Waals surface area contributed by atoms with Crippen molar-refractivity contribution in [1.82, 2.24) is 0 Å². The van der Waals surface area contributed by atoms with Crippen molar-refractivity contribution in [2.45, 2.75) is 85.5 Å². The lowest BCUT2D eigenvalue weighted by atomic mass is 10.1. The number of ether oxygens (including phenoxy) is 1. The Labute approximate surface area is 178 Å². The summed E-state index contributed by atoms with van der Waals surface area (Å²) in [6.07, 6.45) is -0.410. The van der Waals surface area contributed by atoms with Gasteiger partial charge in [0.05, 0.1) is 16.4 Å². The van der Waals surface area contributed by atoms with Gasteiger partial charge in [-0.05, 0) is 12.1 Å². The van der Waals surface area contributed by atoms with Gasteiger partial charge in [0.2, 0.25) is 0 Å². The number of fused-ring (bicyclic) bond motifs is 1. The van der Waals surface area contributed by atoms with E-state index in [0.29, 0.717) is 6.61 Å². The van der Waals surface area contributed by atoms with Gasteiger partial charge in [0.1, 0.15) is 12.2 Å². The molecule has 4 atom stereocenters. The number of carbonyl (C=O) groups is 1. The van der Waals surface area contributed by atoms with E-state index in [0.717, 1.165) is 0 Å². The predicted octanol–water partition coefficient (Wildman–Crippen LogP) is 5.61. The van der Waals surface area contributed by atoms with Crippen LogP contribution in [-0.4, -0.2) is 43.2 Å². The molecule has 0 unspecified atom stereocenters. The Morgan fingerprint density at radius 1 is 1.14 bits per heavy atom. The molecule has 0 amide bonds. The molecular weight excluding hydrogens is 408 g/mol. The van der Waals surface area contributed by atoms with Gasteiger partial charge in [0, 0.05) is 21.9 Å². The summed E-state index contributed by atoms with van der Waals surface area (Å²) in [7, 11) is -2.60. The Bertz CT molecular complexity index is 685. The number of carbonyl (C=O) groups excluding carboxylic acids is 1. The third-order valence-corrected chi connectivity index (χ3v) is 13.4. The van der Waals surface area contributed by atoms with Gasteiger partial charge >= 0.3 is 14.5 Å². The molecule has 4 nitrogen and oxygen atoms in total. The molecule has 0 N–H and O–H groups in total. The zero-order valence-electron chi connectivity index (χ0n) is 17.9. The zero-order chi connectivity index (χ0) is 20.7. The fourth-order valence-electron chi connectivity index (χ4n) is 4.35. The Morgan fingerprint density at radius 3 is 2.29 bits per heavy atom. The minimum absolute atomic E-state index is 0.0910. The van der Waals surface area contributed by atoms with E-state index in [1.165, 1.54) is 11.8 Å². The molecule has 0 saturated carbocycles. The standard InChI is InChI=1S/C21H32O4S2Si/c1-14(22)24-18-17-16(27-19(18)26-15-11-9-8-10-12-15)13-23-28(25-17,20(2,3)4)21(5,6)7/h8-12,16-19H,13H2,1-7H3/t16-,17-,18-,19-/m1/s1. The molecule has 3 rings (SSSR count). The molecule has 28 heavy (non-hydrogen) atoms. The van der Waals surface area contributed by atoms with Gasteiger partial charge in [-0.2, -0.15) is 0 Å². The lowest BCUT2D eigenvalue weighted by molar-refractivity contribution is -0.152. The summed E-state index contributed by atoms with van der Waals surface area (Å²) in [5.41, 5.74) is 0. The highest BCUT2D eigenvalue weighted by molar-refractivity contribution is 8.17. The molecule has 0 radical (unpaired) electrons. The topological polar surface area (TPSA) is 44.8 Å². The number of hydrogen-bond donors (Lipinski definition) is 0. The molecule has 2 fully saturated rings. The molecule has 2 heterocycles. The number of thioether (sulfide) groups is 2. The van der Waals surface area contributed by atoms with Crippen molar-refractivity contribution in [2.75, 3.05) is 6.61 Å². The third kappa shape index (κ3) is 4.19. The molecule has 0 aliphatic carbocycles. The lowest BCUT2D eigenvalue weighted by Gasteiger charge is -2.54. The van der Waals surface area contributed by atoms with E-state index < -0.39 is 8.56 Å². The van der Waals surface area contributed by atoms with Crippen molar-refractivity contribution >= 4 is 38.1 Å². The van der Waals surface area contributed by atoms with Crippen LogP contribution in [-0.2, 0) is 18.4 Å². The second-order valence-electron chi connectivity index (χ2n) is 9.56. The highest BCUT2D eigenvalue weighted by Gasteiger charge is 2.65. The minimum Gasteiger partial charge on any atom is -0.458 e. The molecule has 0 bridgehead atoms. The molecule has 0 spiro atoms. The van der Waals surface area contributed by atoms with Crippen molar-refractivity contribution in [2.24, 2.45) is 0 Å². The first-order chi connectivity index (χ1) is 12.9. The monoisotopic (exact) mass is 440 g/mol. The molecule has 1 aromatic rings. The Morgan fingerprint density at radius 2 is 1.75 bits per heavy atom. The maximum absolute atomic E-state index is 11.9. The van der Waals surface area contributed by atoms with Gasteiger partial charge < -0.3 is 13.6 Å². The van der Waals surface area contributed by atoms with Crippen molar-refractivity contribution in [3.8, 4) is 0 Å². The zero-order valence-corrected chi connectivity index (χ0v) is 20.5. The molecule has 0 aromatic heterocycles. The van der Waals surface area contributed by atoms with Gasteiger partial charge in [0.15, 0.2) is 0 Å². The largest absolute Gasteiger partial charge is 0.458 e. The maximum Gasteiger partial charge on any atom is 0.349 e. The highest BCUT2D eigenvalue weighted by atomic mass is 32.2. The quantitative estimate of drug-likeness (QED) is 0.450. The molecule has 2 aliphatic heterocycles. The third-order valence-electron chi connectivity index (χ3n) is 5.29. The maximum atomic E-state index is 11.9. The molecule has 7 heteroatoms. The van der Waals surface area contributed by atoms with Gasteiger partial charge in [-0.15, -0.1) is 23.5 Å². The van der Waals surface area contributed by atoms with Crippen LogP contribution in [0.4, 0.5) is 0 Å². The van der Waals surface area contributed by atoms with Crippen LogP contribution in [0.2, 0.25) is 10.1 Å². The summed E-state index contributed by atoms with van der Waals surface area (Å²) < 4.78 is 19.5. The van der Waals surface area contributed by atoms with Gasteiger partial charge in [-0.1, -0.05) is 59.7 Å². The normalized spacial score (nSPS) is 30.0. The van der Waals surface area contributed by atoms with E-state index in [2.05, 4.69) is 53.7 Å². The Hall–Kier alpha value is -0.473. The molecule has 2 aliphatic rings. The van der Waals surface area contributed by atoms with Crippen LogP contribution in [0.5, 0.6) is 0 Å². The Kier molecular flexibility index (Phi) is 6.34. The minimum atomic E-state index is -2.60. The van der Waals surface area contributed by atoms with E-state index in [4.69, 9.17) is 13.6 Å². The summed E-state index contributed by atoms with van der Waals surface area (Å²) in [5.74, 6) is -0.251. The first kappa shape index (κ1) is 22.2. The van der Waals surface area contributed by atoms with Crippen LogP contribution in [0.1, 0.15) is 48.5 Å². The molecule has 2 saturated heterocycles. The highest BCUT2D eigenvalue weighted by Crippen LogP contribution is 2.58. The molecular formula is C21H32O4S2Si. The molecule has 1 aromatic carbocycles.